The van der Waals surface area contributed by atoms with Crippen molar-refractivity contribution in [2.45, 2.75) is 104 Å². The molecule has 0 aliphatic carbocycles. The minimum Gasteiger partial charge on any atom is -0.286 e. The van der Waals surface area contributed by atoms with Crippen LogP contribution >= 0.6 is 24.4 Å². The third-order valence-corrected chi connectivity index (χ3v) is 20.2. The van der Waals surface area contributed by atoms with Gasteiger partial charge in [0.1, 0.15) is 0 Å². The molecule has 20 heavy (non-hydrogen) atoms. The van der Waals surface area contributed by atoms with Gasteiger partial charge in [-0.2, -0.15) is 0 Å². The second kappa shape index (κ2) is 8.03. The summed E-state index contributed by atoms with van der Waals surface area (Å²) in [5.41, 5.74) is 2.98. The van der Waals surface area contributed by atoms with E-state index in [-0.39, 0.29) is 12.7 Å². The highest BCUT2D eigenvalue weighted by molar-refractivity contribution is 8.87. The predicted octanol–water partition coefficient (Wildman–Crippen LogP) is 7.66. The largest absolute Gasteiger partial charge is 0.286 e. The highest BCUT2D eigenvalue weighted by Crippen LogP contribution is 2.81. The van der Waals surface area contributed by atoms with E-state index in [1.165, 1.54) is 0 Å². The van der Waals surface area contributed by atoms with Crippen molar-refractivity contribution >= 4 is 24.4 Å². The standard InChI is InChI=1S/C16H37NP2S/c1-12(2)18(13(3)4)20-19(14(5)6,15(7)8)17-16(9,10)11/h12-15H,1-11H3. The van der Waals surface area contributed by atoms with Gasteiger partial charge in [-0.1, -0.05) is 66.4 Å². The lowest BCUT2D eigenvalue weighted by atomic mass is 10.1. The van der Waals surface area contributed by atoms with E-state index in [1.807, 2.05) is 0 Å². The number of hydrogen-bond donors (Lipinski definition) is 0. The van der Waals surface area contributed by atoms with Gasteiger partial charge in [-0.3, -0.25) is 4.74 Å². The summed E-state index contributed by atoms with van der Waals surface area (Å²) in [5.74, 6) is 0. The van der Waals surface area contributed by atoms with Crippen LogP contribution in [0, 0.1) is 0 Å². The van der Waals surface area contributed by atoms with Crippen LogP contribution in [0.3, 0.4) is 0 Å². The van der Waals surface area contributed by atoms with E-state index in [4.69, 9.17) is 4.74 Å². The van der Waals surface area contributed by atoms with Crippen LogP contribution in [0.4, 0.5) is 0 Å². The molecule has 0 fully saturated rings. The van der Waals surface area contributed by atoms with E-state index in [2.05, 4.69) is 87.2 Å². The van der Waals surface area contributed by atoms with Crippen molar-refractivity contribution in [3.05, 3.63) is 0 Å². The molecule has 0 unspecified atom stereocenters. The number of rotatable bonds is 6. The van der Waals surface area contributed by atoms with Crippen molar-refractivity contribution in [3.63, 3.8) is 0 Å². The first-order valence-corrected chi connectivity index (χ1v) is 13.3. The second-order valence-corrected chi connectivity index (χ2v) is 19.3. The van der Waals surface area contributed by atoms with Crippen LogP contribution in [-0.2, 0) is 0 Å². The van der Waals surface area contributed by atoms with Gasteiger partial charge in [0.15, 0.2) is 0 Å². The van der Waals surface area contributed by atoms with Crippen LogP contribution in [0.15, 0.2) is 4.74 Å². The Kier molecular flexibility index (Phi) is 8.43. The first-order valence-electron chi connectivity index (χ1n) is 7.94. The molecule has 0 aliphatic rings. The van der Waals surface area contributed by atoms with E-state index < -0.39 is 6.26 Å². The zero-order valence-electron chi connectivity index (χ0n) is 15.6. The third-order valence-electron chi connectivity index (χ3n) is 3.18. The highest BCUT2D eigenvalue weighted by atomic mass is 33.1. The van der Waals surface area contributed by atoms with Gasteiger partial charge >= 0.3 is 0 Å². The maximum Gasteiger partial charge on any atom is 0.0519 e. The molecule has 0 saturated heterocycles. The molecule has 0 heterocycles. The van der Waals surface area contributed by atoms with Crippen LogP contribution in [0.1, 0.15) is 76.2 Å². The predicted molar refractivity (Wildman–Crippen MR) is 104 cm³/mol. The lowest BCUT2D eigenvalue weighted by Crippen LogP contribution is -2.15. The summed E-state index contributed by atoms with van der Waals surface area (Å²) in [5, 5.41) is 0. The Morgan fingerprint density at radius 2 is 1.15 bits per heavy atom. The maximum absolute atomic E-state index is 5.43. The Morgan fingerprint density at radius 1 is 0.800 bits per heavy atom. The molecular weight excluding hydrogens is 300 g/mol. The molecule has 0 rings (SSSR count). The molecule has 0 atom stereocenters. The summed E-state index contributed by atoms with van der Waals surface area (Å²) >= 11 is 2.31. The van der Waals surface area contributed by atoms with E-state index in [0.717, 1.165) is 11.3 Å². The van der Waals surface area contributed by atoms with Crippen molar-refractivity contribution in [1.82, 2.24) is 0 Å². The molecule has 0 aromatic carbocycles. The minimum atomic E-state index is -1.36. The van der Waals surface area contributed by atoms with Crippen LogP contribution in [0.25, 0.3) is 0 Å². The van der Waals surface area contributed by atoms with Gasteiger partial charge in [0, 0.05) is 6.26 Å². The summed E-state index contributed by atoms with van der Waals surface area (Å²) < 4.78 is 5.43. The Labute approximate surface area is 133 Å². The lowest BCUT2D eigenvalue weighted by Gasteiger charge is -2.40. The van der Waals surface area contributed by atoms with Gasteiger partial charge in [-0.25, -0.2) is 0 Å². The van der Waals surface area contributed by atoms with Crippen LogP contribution < -0.4 is 0 Å². The van der Waals surface area contributed by atoms with E-state index >= 15 is 0 Å². The zero-order chi connectivity index (χ0) is 16.3. The molecule has 1 nitrogen and oxygen atoms in total. The molecule has 0 aromatic heterocycles. The molecule has 0 spiro atoms. The first kappa shape index (κ1) is 21.0. The van der Waals surface area contributed by atoms with Crippen molar-refractivity contribution < 1.29 is 0 Å². The fourth-order valence-electron chi connectivity index (χ4n) is 2.44. The average Bonchev–Trinajstić information content (AvgIpc) is 2.20. The van der Waals surface area contributed by atoms with Crippen LogP contribution in [0.5, 0.6) is 0 Å². The Morgan fingerprint density at radius 3 is 1.35 bits per heavy atom. The maximum atomic E-state index is 5.43. The molecule has 0 aliphatic heterocycles. The van der Waals surface area contributed by atoms with Gasteiger partial charge in [0.05, 0.1) is 5.54 Å². The second-order valence-electron chi connectivity index (χ2n) is 7.76. The van der Waals surface area contributed by atoms with Crippen molar-refractivity contribution in [3.8, 4) is 0 Å². The molecule has 0 radical (unpaired) electrons. The highest BCUT2D eigenvalue weighted by Gasteiger charge is 2.35. The van der Waals surface area contributed by atoms with Crippen LogP contribution in [0.2, 0.25) is 0 Å². The minimum absolute atomic E-state index is 0.0122. The quantitative estimate of drug-likeness (QED) is 0.453. The SMILES string of the molecule is CC(C)P(SP(=NC(C)(C)C)(C(C)C)C(C)C)C(C)C. The molecule has 4 heteroatoms. The van der Waals surface area contributed by atoms with Gasteiger partial charge < -0.3 is 0 Å². The molecule has 0 aromatic rings. The first-order chi connectivity index (χ1) is 8.83. The summed E-state index contributed by atoms with van der Waals surface area (Å²) in [6, 6.07) is 0. The van der Waals surface area contributed by atoms with Crippen molar-refractivity contribution in [2.75, 3.05) is 0 Å². The summed E-state index contributed by atoms with van der Waals surface area (Å²) in [4.78, 5) is 0. The normalized spacial score (nSPS) is 14.2. The Bertz CT molecular complexity index is 321. The molecule has 0 N–H and O–H groups in total. The lowest BCUT2D eigenvalue weighted by molar-refractivity contribution is 0.588. The van der Waals surface area contributed by atoms with Gasteiger partial charge in [0.25, 0.3) is 0 Å². The molecule has 0 bridgehead atoms. The van der Waals surface area contributed by atoms with Gasteiger partial charge in [-0.05, 0) is 50.5 Å². The fraction of sp³-hybridized carbons (Fsp3) is 1.00. The summed E-state index contributed by atoms with van der Waals surface area (Å²) in [6.07, 6.45) is -1.36. The molecule has 122 valence electrons. The monoisotopic (exact) mass is 337 g/mol. The van der Waals surface area contributed by atoms with E-state index in [0.29, 0.717) is 11.3 Å². The molecule has 0 amide bonds. The summed E-state index contributed by atoms with van der Waals surface area (Å²) in [6.45, 7) is 25.9. The summed E-state index contributed by atoms with van der Waals surface area (Å²) in [7, 11) is -0.0122. The van der Waals surface area contributed by atoms with Gasteiger partial charge in [0.2, 0.25) is 0 Å². The number of nitrogens with zero attached hydrogens (tertiary/aromatic N) is 1. The molecular formula is C16H37NP2S. The topological polar surface area (TPSA) is 12.4 Å². The Balaban J connectivity index is 5.83. The average molecular weight is 337 g/mol. The van der Waals surface area contributed by atoms with Crippen molar-refractivity contribution in [2.24, 2.45) is 4.74 Å². The number of hydrogen-bond acceptors (Lipinski definition) is 2. The Hall–Kier alpha value is 1.01. The van der Waals surface area contributed by atoms with Gasteiger partial charge in [-0.15, -0.1) is 0 Å². The third kappa shape index (κ3) is 6.02. The van der Waals surface area contributed by atoms with E-state index in [1.54, 1.807) is 0 Å². The zero-order valence-corrected chi connectivity index (χ0v) is 18.2. The van der Waals surface area contributed by atoms with Crippen LogP contribution in [-0.4, -0.2) is 28.2 Å². The smallest absolute Gasteiger partial charge is 0.0519 e. The fourth-order valence-corrected chi connectivity index (χ4v) is 21.2. The van der Waals surface area contributed by atoms with E-state index in [9.17, 15) is 0 Å². The van der Waals surface area contributed by atoms with Crippen molar-refractivity contribution in [1.29, 1.82) is 0 Å². The molecule has 0 saturated carbocycles.